The quantitative estimate of drug-likeness (QED) is 0.718. The van der Waals surface area contributed by atoms with E-state index in [9.17, 15) is 4.79 Å². The topological polar surface area (TPSA) is 38.1 Å². The van der Waals surface area contributed by atoms with Crippen LogP contribution in [0.1, 0.15) is 43.2 Å². The zero-order valence-corrected chi connectivity index (χ0v) is 10.8. The Bertz CT molecular complexity index is 369. The third-order valence-electron chi connectivity index (χ3n) is 2.71. The molecule has 0 atom stereocenters. The lowest BCUT2D eigenvalue weighted by molar-refractivity contribution is 0.112. The SMILES string of the molecule is CCCN(c1c(C=O)c(C)nn1C)C(C)C. The largest absolute Gasteiger partial charge is 0.354 e. The Morgan fingerprint density at radius 3 is 2.56 bits per heavy atom. The minimum atomic E-state index is 0.369. The van der Waals surface area contributed by atoms with Gasteiger partial charge in [-0.3, -0.25) is 9.48 Å². The number of rotatable bonds is 5. The van der Waals surface area contributed by atoms with Crippen molar-refractivity contribution in [1.29, 1.82) is 0 Å². The molecular weight excluding hydrogens is 202 g/mol. The Labute approximate surface area is 97.2 Å². The molecule has 4 nitrogen and oxygen atoms in total. The van der Waals surface area contributed by atoms with Crippen LogP contribution in [-0.4, -0.2) is 28.7 Å². The third-order valence-corrected chi connectivity index (χ3v) is 2.71. The summed E-state index contributed by atoms with van der Waals surface area (Å²) in [6.45, 7) is 9.22. The molecule has 0 saturated heterocycles. The van der Waals surface area contributed by atoms with E-state index in [2.05, 4.69) is 30.8 Å². The number of carbonyl (C=O) groups is 1. The first-order valence-corrected chi connectivity index (χ1v) is 5.78. The predicted octanol–water partition coefficient (Wildman–Crippen LogP) is 2.17. The van der Waals surface area contributed by atoms with Crippen molar-refractivity contribution in [3.8, 4) is 0 Å². The molecule has 90 valence electrons. The summed E-state index contributed by atoms with van der Waals surface area (Å²) in [5.41, 5.74) is 1.51. The average molecular weight is 223 g/mol. The van der Waals surface area contributed by atoms with Crippen LogP contribution in [0.25, 0.3) is 0 Å². The summed E-state index contributed by atoms with van der Waals surface area (Å²) in [4.78, 5) is 13.3. The van der Waals surface area contributed by atoms with Crippen LogP contribution in [-0.2, 0) is 7.05 Å². The van der Waals surface area contributed by atoms with Crippen molar-refractivity contribution in [3.63, 3.8) is 0 Å². The van der Waals surface area contributed by atoms with Crippen molar-refractivity contribution in [2.24, 2.45) is 7.05 Å². The van der Waals surface area contributed by atoms with E-state index < -0.39 is 0 Å². The molecule has 0 spiro atoms. The fourth-order valence-electron chi connectivity index (χ4n) is 1.99. The first-order valence-electron chi connectivity index (χ1n) is 5.78. The van der Waals surface area contributed by atoms with Crippen molar-refractivity contribution < 1.29 is 4.79 Å². The van der Waals surface area contributed by atoms with Crippen molar-refractivity contribution in [3.05, 3.63) is 11.3 Å². The van der Waals surface area contributed by atoms with E-state index in [1.807, 2.05) is 14.0 Å². The highest BCUT2D eigenvalue weighted by Crippen LogP contribution is 2.23. The number of anilines is 1. The first-order chi connectivity index (χ1) is 7.52. The number of nitrogens with zero attached hydrogens (tertiary/aromatic N) is 3. The summed E-state index contributed by atoms with van der Waals surface area (Å²) < 4.78 is 1.80. The molecule has 1 aromatic heterocycles. The summed E-state index contributed by atoms with van der Waals surface area (Å²) in [6, 6.07) is 0.369. The lowest BCUT2D eigenvalue weighted by atomic mass is 10.2. The minimum Gasteiger partial charge on any atom is -0.354 e. The zero-order valence-electron chi connectivity index (χ0n) is 10.8. The fraction of sp³-hybridized carbons (Fsp3) is 0.667. The molecule has 0 fully saturated rings. The molecule has 0 aliphatic heterocycles. The van der Waals surface area contributed by atoms with Gasteiger partial charge in [-0.1, -0.05) is 6.92 Å². The average Bonchev–Trinajstić information content (AvgIpc) is 2.49. The number of hydrogen-bond acceptors (Lipinski definition) is 3. The normalized spacial score (nSPS) is 10.9. The maximum Gasteiger partial charge on any atom is 0.155 e. The van der Waals surface area contributed by atoms with Crippen LogP contribution in [0.15, 0.2) is 0 Å². The van der Waals surface area contributed by atoms with E-state index in [-0.39, 0.29) is 0 Å². The minimum absolute atomic E-state index is 0.369. The second-order valence-corrected chi connectivity index (χ2v) is 4.35. The summed E-state index contributed by atoms with van der Waals surface area (Å²) >= 11 is 0. The van der Waals surface area contributed by atoms with Gasteiger partial charge in [0, 0.05) is 19.6 Å². The van der Waals surface area contributed by atoms with E-state index in [0.717, 1.165) is 30.8 Å². The highest BCUT2D eigenvalue weighted by Gasteiger charge is 2.20. The number of aromatic nitrogens is 2. The second kappa shape index (κ2) is 5.14. The summed E-state index contributed by atoms with van der Waals surface area (Å²) in [7, 11) is 1.89. The molecule has 0 radical (unpaired) electrons. The van der Waals surface area contributed by atoms with E-state index in [1.54, 1.807) is 4.68 Å². The van der Waals surface area contributed by atoms with Crippen molar-refractivity contribution in [2.75, 3.05) is 11.4 Å². The van der Waals surface area contributed by atoms with Crippen LogP contribution < -0.4 is 4.90 Å². The smallest absolute Gasteiger partial charge is 0.155 e. The standard InChI is InChI=1S/C12H21N3O/c1-6-7-15(9(2)3)12-11(8-16)10(4)13-14(12)5/h8-9H,6-7H2,1-5H3. The van der Waals surface area contributed by atoms with E-state index in [4.69, 9.17) is 0 Å². The third kappa shape index (κ3) is 2.26. The van der Waals surface area contributed by atoms with E-state index in [0.29, 0.717) is 11.6 Å². The molecule has 0 aliphatic rings. The van der Waals surface area contributed by atoms with Crippen LogP contribution in [0.2, 0.25) is 0 Å². The second-order valence-electron chi connectivity index (χ2n) is 4.35. The molecule has 0 amide bonds. The van der Waals surface area contributed by atoms with Crippen LogP contribution >= 0.6 is 0 Å². The number of aldehydes is 1. The Morgan fingerprint density at radius 2 is 2.12 bits per heavy atom. The molecule has 1 rings (SSSR count). The molecule has 1 aromatic rings. The van der Waals surface area contributed by atoms with Gasteiger partial charge in [0.2, 0.25) is 0 Å². The maximum absolute atomic E-state index is 11.1. The van der Waals surface area contributed by atoms with Crippen molar-refractivity contribution in [2.45, 2.75) is 40.2 Å². The molecule has 0 unspecified atom stereocenters. The van der Waals surface area contributed by atoms with Gasteiger partial charge < -0.3 is 4.90 Å². The molecule has 16 heavy (non-hydrogen) atoms. The number of aryl methyl sites for hydroxylation is 2. The van der Waals surface area contributed by atoms with Gasteiger partial charge in [0.15, 0.2) is 6.29 Å². The molecule has 0 aromatic carbocycles. The molecule has 0 N–H and O–H groups in total. The summed E-state index contributed by atoms with van der Waals surface area (Å²) in [5.74, 6) is 0.935. The number of carbonyl (C=O) groups excluding carboxylic acids is 1. The van der Waals surface area contributed by atoms with E-state index in [1.165, 1.54) is 0 Å². The van der Waals surface area contributed by atoms with Crippen LogP contribution in [0.5, 0.6) is 0 Å². The van der Waals surface area contributed by atoms with E-state index >= 15 is 0 Å². The van der Waals surface area contributed by atoms with Gasteiger partial charge in [0.05, 0.1) is 11.3 Å². The Balaban J connectivity index is 3.22. The van der Waals surface area contributed by atoms with Crippen molar-refractivity contribution >= 4 is 12.1 Å². The number of hydrogen-bond donors (Lipinski definition) is 0. The van der Waals surface area contributed by atoms with Crippen LogP contribution in [0.3, 0.4) is 0 Å². The molecule has 0 bridgehead atoms. The molecule has 0 aliphatic carbocycles. The van der Waals surface area contributed by atoms with Gasteiger partial charge in [0.25, 0.3) is 0 Å². The zero-order chi connectivity index (χ0) is 12.3. The summed E-state index contributed by atoms with van der Waals surface area (Å²) in [5, 5.41) is 4.31. The van der Waals surface area contributed by atoms with Gasteiger partial charge in [0.1, 0.15) is 5.82 Å². The van der Waals surface area contributed by atoms with Gasteiger partial charge >= 0.3 is 0 Å². The van der Waals surface area contributed by atoms with Gasteiger partial charge in [-0.15, -0.1) is 0 Å². The van der Waals surface area contributed by atoms with Crippen LogP contribution in [0.4, 0.5) is 5.82 Å². The first kappa shape index (κ1) is 12.7. The monoisotopic (exact) mass is 223 g/mol. The lowest BCUT2D eigenvalue weighted by Crippen LogP contribution is -2.33. The van der Waals surface area contributed by atoms with Gasteiger partial charge in [-0.25, -0.2) is 0 Å². The Morgan fingerprint density at radius 1 is 1.50 bits per heavy atom. The molecular formula is C12H21N3O. The van der Waals surface area contributed by atoms with Gasteiger partial charge in [-0.05, 0) is 27.2 Å². The lowest BCUT2D eigenvalue weighted by Gasteiger charge is -2.28. The summed E-state index contributed by atoms with van der Waals surface area (Å²) in [6.07, 6.45) is 1.96. The predicted molar refractivity (Wildman–Crippen MR) is 66.1 cm³/mol. The Kier molecular flexibility index (Phi) is 4.10. The van der Waals surface area contributed by atoms with Gasteiger partial charge in [-0.2, -0.15) is 5.10 Å². The molecule has 0 saturated carbocycles. The fourth-order valence-corrected chi connectivity index (χ4v) is 1.99. The van der Waals surface area contributed by atoms with Crippen LogP contribution in [0, 0.1) is 6.92 Å². The van der Waals surface area contributed by atoms with Crippen molar-refractivity contribution in [1.82, 2.24) is 9.78 Å². The highest BCUT2D eigenvalue weighted by atomic mass is 16.1. The Hall–Kier alpha value is -1.32. The molecule has 4 heteroatoms. The highest BCUT2D eigenvalue weighted by molar-refractivity contribution is 5.84. The molecule has 1 heterocycles. The maximum atomic E-state index is 11.1.